The maximum absolute atomic E-state index is 11.5. The predicted molar refractivity (Wildman–Crippen MR) is 61.0 cm³/mol. The third-order valence-electron chi connectivity index (χ3n) is 2.82. The molecule has 0 unspecified atom stereocenters. The van der Waals surface area contributed by atoms with Crippen LogP contribution in [0.15, 0.2) is 18.5 Å². The van der Waals surface area contributed by atoms with E-state index in [4.69, 9.17) is 0 Å². The Bertz CT molecular complexity index is 335. The molecule has 0 saturated heterocycles. The average Bonchev–Trinajstić information content (AvgIpc) is 2.81. The number of nitrogens with one attached hydrogen (secondary N) is 2. The quantitative estimate of drug-likeness (QED) is 0.816. The van der Waals surface area contributed by atoms with Crippen LogP contribution in [0.25, 0.3) is 0 Å². The average molecular weight is 220 g/mol. The van der Waals surface area contributed by atoms with Gasteiger partial charge in [0, 0.05) is 18.9 Å². The Hall–Kier alpha value is -1.65. The summed E-state index contributed by atoms with van der Waals surface area (Å²) >= 11 is 0. The highest BCUT2D eigenvalue weighted by Gasteiger charge is 2.15. The van der Waals surface area contributed by atoms with Gasteiger partial charge >= 0.3 is 6.03 Å². The van der Waals surface area contributed by atoms with Gasteiger partial charge in [0.15, 0.2) is 0 Å². The highest BCUT2D eigenvalue weighted by molar-refractivity contribution is 5.87. The number of nitrogens with zero attached hydrogens (tertiary/aromatic N) is 2. The van der Waals surface area contributed by atoms with Crippen LogP contribution in [0.1, 0.15) is 25.7 Å². The van der Waals surface area contributed by atoms with Gasteiger partial charge in [-0.3, -0.25) is 5.32 Å². The summed E-state index contributed by atoms with van der Waals surface area (Å²) < 4.78 is 0. The van der Waals surface area contributed by atoms with Gasteiger partial charge < -0.3 is 5.32 Å². The van der Waals surface area contributed by atoms with E-state index in [9.17, 15) is 4.79 Å². The Labute approximate surface area is 94.7 Å². The molecule has 16 heavy (non-hydrogen) atoms. The lowest BCUT2D eigenvalue weighted by Crippen LogP contribution is -2.32. The van der Waals surface area contributed by atoms with Crippen molar-refractivity contribution in [3.8, 4) is 0 Å². The second kappa shape index (κ2) is 5.44. The number of rotatable bonds is 3. The van der Waals surface area contributed by atoms with Gasteiger partial charge in [0.05, 0.1) is 0 Å². The first-order valence-corrected chi connectivity index (χ1v) is 5.66. The maximum atomic E-state index is 11.5. The minimum Gasteiger partial charge on any atom is -0.338 e. The first-order chi connectivity index (χ1) is 7.84. The van der Waals surface area contributed by atoms with Crippen LogP contribution in [0.4, 0.5) is 10.7 Å². The molecule has 1 fully saturated rings. The molecule has 86 valence electrons. The normalized spacial score (nSPS) is 16.0. The van der Waals surface area contributed by atoms with Gasteiger partial charge in [0.1, 0.15) is 0 Å². The lowest BCUT2D eigenvalue weighted by Gasteiger charge is -2.10. The summed E-state index contributed by atoms with van der Waals surface area (Å²) in [4.78, 5) is 19.3. The van der Waals surface area contributed by atoms with E-state index < -0.39 is 0 Å². The van der Waals surface area contributed by atoms with Crippen molar-refractivity contribution in [2.75, 3.05) is 11.9 Å². The van der Waals surface area contributed by atoms with Gasteiger partial charge in [0.25, 0.3) is 0 Å². The zero-order chi connectivity index (χ0) is 11.2. The van der Waals surface area contributed by atoms with Crippen molar-refractivity contribution >= 4 is 12.0 Å². The van der Waals surface area contributed by atoms with Gasteiger partial charge in [-0.15, -0.1) is 0 Å². The molecular formula is C11H16N4O. The van der Waals surface area contributed by atoms with E-state index >= 15 is 0 Å². The van der Waals surface area contributed by atoms with E-state index in [-0.39, 0.29) is 6.03 Å². The van der Waals surface area contributed by atoms with Crippen LogP contribution in [-0.2, 0) is 0 Å². The number of carbonyl (C=O) groups is 1. The van der Waals surface area contributed by atoms with Gasteiger partial charge in [-0.2, -0.15) is 0 Å². The smallest absolute Gasteiger partial charge is 0.321 e. The number of hydrogen-bond acceptors (Lipinski definition) is 3. The molecule has 1 heterocycles. The summed E-state index contributed by atoms with van der Waals surface area (Å²) in [5.74, 6) is 0.980. The number of aromatic nitrogens is 2. The zero-order valence-corrected chi connectivity index (χ0v) is 9.15. The van der Waals surface area contributed by atoms with Crippen LogP contribution in [0.3, 0.4) is 0 Å². The van der Waals surface area contributed by atoms with E-state index in [0.717, 1.165) is 6.54 Å². The molecule has 2 amide bonds. The van der Waals surface area contributed by atoms with Gasteiger partial charge in [0.2, 0.25) is 5.95 Å². The molecule has 1 aromatic rings. The van der Waals surface area contributed by atoms with Gasteiger partial charge in [-0.1, -0.05) is 12.8 Å². The van der Waals surface area contributed by atoms with Crippen LogP contribution in [0.5, 0.6) is 0 Å². The standard InChI is InChI=1S/C11H16N4O/c16-11(14-8-9-4-1-2-5-9)15-10-12-6-3-7-13-10/h3,6-7,9H,1-2,4-5,8H2,(H2,12,13,14,15,16). The van der Waals surface area contributed by atoms with E-state index in [1.54, 1.807) is 18.5 Å². The zero-order valence-electron chi connectivity index (χ0n) is 9.15. The number of urea groups is 1. The molecule has 2 rings (SSSR count). The fourth-order valence-corrected chi connectivity index (χ4v) is 1.96. The summed E-state index contributed by atoms with van der Waals surface area (Å²) in [6, 6.07) is 1.49. The molecule has 0 atom stereocenters. The van der Waals surface area contributed by atoms with Crippen molar-refractivity contribution in [1.29, 1.82) is 0 Å². The van der Waals surface area contributed by atoms with Crippen molar-refractivity contribution in [2.24, 2.45) is 5.92 Å². The molecule has 1 saturated carbocycles. The minimum absolute atomic E-state index is 0.224. The van der Waals surface area contributed by atoms with E-state index in [1.807, 2.05) is 0 Å². The van der Waals surface area contributed by atoms with E-state index in [2.05, 4.69) is 20.6 Å². The maximum Gasteiger partial charge on any atom is 0.321 e. The molecule has 1 aliphatic rings. The Morgan fingerprint density at radius 3 is 2.69 bits per heavy atom. The number of carbonyl (C=O) groups excluding carboxylic acids is 1. The van der Waals surface area contributed by atoms with E-state index in [0.29, 0.717) is 11.9 Å². The van der Waals surface area contributed by atoms with Crippen LogP contribution >= 0.6 is 0 Å². The largest absolute Gasteiger partial charge is 0.338 e. The molecule has 1 aromatic heterocycles. The summed E-state index contributed by atoms with van der Waals surface area (Å²) in [6.07, 6.45) is 8.22. The molecule has 0 aromatic carbocycles. The summed E-state index contributed by atoms with van der Waals surface area (Å²) in [5.41, 5.74) is 0. The van der Waals surface area contributed by atoms with Gasteiger partial charge in [-0.05, 0) is 24.8 Å². The second-order valence-corrected chi connectivity index (χ2v) is 4.06. The summed E-state index contributed by atoms with van der Waals surface area (Å²) in [5, 5.41) is 5.44. The lowest BCUT2D eigenvalue weighted by atomic mass is 10.1. The topological polar surface area (TPSA) is 66.9 Å². The molecule has 1 aliphatic carbocycles. The van der Waals surface area contributed by atoms with Crippen LogP contribution in [-0.4, -0.2) is 22.5 Å². The van der Waals surface area contributed by atoms with Crippen molar-refractivity contribution in [2.45, 2.75) is 25.7 Å². The van der Waals surface area contributed by atoms with Crippen molar-refractivity contribution in [3.63, 3.8) is 0 Å². The molecule has 0 aliphatic heterocycles. The number of anilines is 1. The van der Waals surface area contributed by atoms with Crippen molar-refractivity contribution in [3.05, 3.63) is 18.5 Å². The Kier molecular flexibility index (Phi) is 3.69. The fraction of sp³-hybridized carbons (Fsp3) is 0.545. The predicted octanol–water partition coefficient (Wildman–Crippen LogP) is 1.79. The first kappa shape index (κ1) is 10.9. The third-order valence-corrected chi connectivity index (χ3v) is 2.82. The lowest BCUT2D eigenvalue weighted by molar-refractivity contribution is 0.250. The van der Waals surface area contributed by atoms with Crippen molar-refractivity contribution < 1.29 is 4.79 Å². The second-order valence-electron chi connectivity index (χ2n) is 4.06. The molecule has 0 bridgehead atoms. The fourth-order valence-electron chi connectivity index (χ4n) is 1.96. The van der Waals surface area contributed by atoms with E-state index in [1.165, 1.54) is 25.7 Å². The highest BCUT2D eigenvalue weighted by Crippen LogP contribution is 2.23. The first-order valence-electron chi connectivity index (χ1n) is 5.66. The monoisotopic (exact) mass is 220 g/mol. The SMILES string of the molecule is O=C(NCC1CCCC1)Nc1ncccn1. The number of amides is 2. The Morgan fingerprint density at radius 2 is 2.00 bits per heavy atom. The van der Waals surface area contributed by atoms with Crippen LogP contribution in [0, 0.1) is 5.92 Å². The molecule has 0 spiro atoms. The highest BCUT2D eigenvalue weighted by atomic mass is 16.2. The summed E-state index contributed by atoms with van der Waals surface area (Å²) in [7, 11) is 0. The van der Waals surface area contributed by atoms with Crippen LogP contribution < -0.4 is 10.6 Å². The number of hydrogen-bond donors (Lipinski definition) is 2. The Morgan fingerprint density at radius 1 is 1.31 bits per heavy atom. The molecular weight excluding hydrogens is 204 g/mol. The van der Waals surface area contributed by atoms with Crippen LogP contribution in [0.2, 0.25) is 0 Å². The van der Waals surface area contributed by atoms with Gasteiger partial charge in [-0.25, -0.2) is 14.8 Å². The Balaban J connectivity index is 1.72. The third kappa shape index (κ3) is 3.18. The molecule has 2 N–H and O–H groups in total. The van der Waals surface area contributed by atoms with Crippen molar-refractivity contribution in [1.82, 2.24) is 15.3 Å². The molecule has 5 heteroatoms. The molecule has 0 radical (unpaired) electrons. The summed E-state index contributed by atoms with van der Waals surface area (Å²) in [6.45, 7) is 0.749. The molecule has 5 nitrogen and oxygen atoms in total. The minimum atomic E-state index is -0.224.